The van der Waals surface area contributed by atoms with Crippen LogP contribution in [-0.2, 0) is 14.4 Å². The highest BCUT2D eigenvalue weighted by atomic mass is 127. The third-order valence-corrected chi connectivity index (χ3v) is 5.71. The summed E-state index contributed by atoms with van der Waals surface area (Å²) in [6.07, 6.45) is 4.99. The van der Waals surface area contributed by atoms with Crippen molar-refractivity contribution in [1.82, 2.24) is 4.90 Å². The van der Waals surface area contributed by atoms with Gasteiger partial charge in [-0.1, -0.05) is 12.2 Å². The lowest BCUT2D eigenvalue weighted by atomic mass is 9.85. The van der Waals surface area contributed by atoms with E-state index in [1.54, 1.807) is 12.1 Å². The van der Waals surface area contributed by atoms with Gasteiger partial charge in [-0.25, -0.2) is 0 Å². The Balaban J connectivity index is 1.45. The minimum atomic E-state index is -0.340. The maximum atomic E-state index is 12.5. The van der Waals surface area contributed by atoms with Crippen LogP contribution in [-0.4, -0.2) is 29.2 Å². The van der Waals surface area contributed by atoms with Crippen LogP contribution in [0, 0.1) is 27.2 Å². The second-order valence-electron chi connectivity index (χ2n) is 6.32. The smallest absolute Gasteiger partial charge is 0.244 e. The summed E-state index contributed by atoms with van der Waals surface area (Å²) in [4.78, 5) is 38.3. The quantitative estimate of drug-likeness (QED) is 0.461. The lowest BCUT2D eigenvalue weighted by Crippen LogP contribution is -2.39. The molecule has 6 heteroatoms. The van der Waals surface area contributed by atoms with Crippen molar-refractivity contribution in [2.45, 2.75) is 6.42 Å². The average molecular weight is 422 g/mol. The van der Waals surface area contributed by atoms with Gasteiger partial charge in [0.05, 0.1) is 11.8 Å². The number of halogens is 1. The molecular formula is C17H15IN2O3. The summed E-state index contributed by atoms with van der Waals surface area (Å²) >= 11 is 2.18. The topological polar surface area (TPSA) is 66.5 Å². The first kappa shape index (κ1) is 14.9. The number of likely N-dealkylation sites (tertiary alicyclic amines) is 1. The summed E-state index contributed by atoms with van der Waals surface area (Å²) in [6, 6.07) is 7.37. The van der Waals surface area contributed by atoms with Crippen molar-refractivity contribution in [2.75, 3.05) is 11.9 Å². The summed E-state index contributed by atoms with van der Waals surface area (Å²) in [5.41, 5.74) is 0.663. The fourth-order valence-corrected chi connectivity index (χ4v) is 4.36. The van der Waals surface area contributed by atoms with Gasteiger partial charge in [0.1, 0.15) is 6.54 Å². The van der Waals surface area contributed by atoms with Gasteiger partial charge in [-0.3, -0.25) is 19.3 Å². The molecule has 1 heterocycles. The molecule has 1 aromatic rings. The highest BCUT2D eigenvalue weighted by Gasteiger charge is 2.59. The van der Waals surface area contributed by atoms with Crippen LogP contribution >= 0.6 is 22.6 Å². The molecular weight excluding hydrogens is 407 g/mol. The van der Waals surface area contributed by atoms with Crippen LogP contribution in [0.4, 0.5) is 5.69 Å². The number of hydrogen-bond donors (Lipinski definition) is 1. The van der Waals surface area contributed by atoms with E-state index in [1.165, 1.54) is 0 Å². The van der Waals surface area contributed by atoms with Gasteiger partial charge in [-0.15, -0.1) is 0 Å². The molecule has 5 nitrogen and oxygen atoms in total. The average Bonchev–Trinajstić information content (AvgIpc) is 3.19. The van der Waals surface area contributed by atoms with Crippen molar-refractivity contribution in [3.8, 4) is 0 Å². The molecule has 1 saturated carbocycles. The Kier molecular flexibility index (Phi) is 3.51. The summed E-state index contributed by atoms with van der Waals surface area (Å²) < 4.78 is 1.07. The Bertz CT molecular complexity index is 698. The normalized spacial score (nSPS) is 30.9. The summed E-state index contributed by atoms with van der Waals surface area (Å²) in [7, 11) is 0. The molecule has 0 aromatic heterocycles. The second-order valence-corrected chi connectivity index (χ2v) is 7.56. The lowest BCUT2D eigenvalue weighted by Gasteiger charge is -2.16. The Labute approximate surface area is 147 Å². The van der Waals surface area contributed by atoms with Crippen LogP contribution in [0.15, 0.2) is 36.4 Å². The van der Waals surface area contributed by atoms with E-state index in [2.05, 4.69) is 27.9 Å². The number of anilines is 1. The van der Waals surface area contributed by atoms with E-state index in [-0.39, 0.29) is 47.9 Å². The number of hydrogen-bond acceptors (Lipinski definition) is 3. The van der Waals surface area contributed by atoms with Gasteiger partial charge in [0, 0.05) is 9.26 Å². The zero-order valence-electron chi connectivity index (χ0n) is 12.2. The van der Waals surface area contributed by atoms with Crippen molar-refractivity contribution < 1.29 is 14.4 Å². The van der Waals surface area contributed by atoms with Gasteiger partial charge < -0.3 is 5.32 Å². The molecule has 0 spiro atoms. The SMILES string of the molecule is O=C(CN1C(=O)[C@@H]2[C@@H](C1=O)[C@H]1C=C[C@@H]2C1)Nc1ccc(I)cc1. The van der Waals surface area contributed by atoms with E-state index in [0.29, 0.717) is 5.69 Å². The Morgan fingerprint density at radius 1 is 1.09 bits per heavy atom. The maximum absolute atomic E-state index is 12.5. The molecule has 4 atom stereocenters. The molecule has 23 heavy (non-hydrogen) atoms. The van der Waals surface area contributed by atoms with Crippen molar-refractivity contribution in [2.24, 2.45) is 23.7 Å². The van der Waals surface area contributed by atoms with Crippen LogP contribution in [0.3, 0.4) is 0 Å². The van der Waals surface area contributed by atoms with Crippen molar-refractivity contribution in [1.29, 1.82) is 0 Å². The predicted molar refractivity (Wildman–Crippen MR) is 92.2 cm³/mol. The number of carbonyl (C=O) groups is 3. The van der Waals surface area contributed by atoms with Gasteiger partial charge in [0.15, 0.2) is 0 Å². The standard InChI is InChI=1S/C17H15IN2O3/c18-11-3-5-12(6-4-11)19-13(21)8-20-16(22)14-9-1-2-10(7-9)15(14)17(20)23/h1-6,9-10,14-15H,7-8H2,(H,19,21)/t9-,10+,14-,15-/m0/s1. The van der Waals surface area contributed by atoms with Crippen LogP contribution in [0.1, 0.15) is 6.42 Å². The molecule has 0 unspecified atom stereocenters. The number of nitrogens with one attached hydrogen (secondary N) is 1. The summed E-state index contributed by atoms with van der Waals surface area (Å²) in [5, 5.41) is 2.74. The van der Waals surface area contributed by atoms with Crippen molar-refractivity contribution >= 4 is 46.0 Å². The van der Waals surface area contributed by atoms with Crippen LogP contribution in [0.2, 0.25) is 0 Å². The van der Waals surface area contributed by atoms with E-state index in [1.807, 2.05) is 24.3 Å². The molecule has 3 amide bonds. The van der Waals surface area contributed by atoms with Crippen LogP contribution in [0.5, 0.6) is 0 Å². The first-order chi connectivity index (χ1) is 11.0. The maximum Gasteiger partial charge on any atom is 0.244 e. The lowest BCUT2D eigenvalue weighted by molar-refractivity contribution is -0.143. The van der Waals surface area contributed by atoms with Gasteiger partial charge in [-0.2, -0.15) is 0 Å². The molecule has 1 saturated heterocycles. The first-order valence-electron chi connectivity index (χ1n) is 7.63. The number of rotatable bonds is 3. The largest absolute Gasteiger partial charge is 0.325 e. The number of fused-ring (bicyclic) bond motifs is 5. The zero-order valence-corrected chi connectivity index (χ0v) is 14.4. The van der Waals surface area contributed by atoms with Crippen LogP contribution in [0.25, 0.3) is 0 Å². The Morgan fingerprint density at radius 2 is 1.65 bits per heavy atom. The Hall–Kier alpha value is -1.70. The minimum absolute atomic E-state index is 0.172. The number of amides is 3. The molecule has 0 radical (unpaired) electrons. The van der Waals surface area contributed by atoms with Crippen molar-refractivity contribution in [3.63, 3.8) is 0 Å². The predicted octanol–water partition coefficient (Wildman–Crippen LogP) is 2.04. The fraction of sp³-hybridized carbons (Fsp3) is 0.353. The van der Waals surface area contributed by atoms with Gasteiger partial charge in [-0.05, 0) is 65.1 Å². The molecule has 4 rings (SSSR count). The van der Waals surface area contributed by atoms with E-state index < -0.39 is 0 Å². The van der Waals surface area contributed by atoms with E-state index in [9.17, 15) is 14.4 Å². The monoisotopic (exact) mass is 422 g/mol. The third kappa shape index (κ3) is 2.39. The first-order valence-corrected chi connectivity index (χ1v) is 8.71. The van der Waals surface area contributed by atoms with Crippen molar-refractivity contribution in [3.05, 3.63) is 40.0 Å². The minimum Gasteiger partial charge on any atom is -0.325 e. The van der Waals surface area contributed by atoms with Gasteiger partial charge >= 0.3 is 0 Å². The van der Waals surface area contributed by atoms with E-state index >= 15 is 0 Å². The van der Waals surface area contributed by atoms with E-state index in [4.69, 9.17) is 0 Å². The fourth-order valence-electron chi connectivity index (χ4n) is 4.00. The molecule has 2 bridgehead atoms. The number of imide groups is 1. The molecule has 2 fully saturated rings. The molecule has 118 valence electrons. The Morgan fingerprint density at radius 3 is 2.22 bits per heavy atom. The van der Waals surface area contributed by atoms with E-state index in [0.717, 1.165) is 14.9 Å². The number of benzene rings is 1. The number of allylic oxidation sites excluding steroid dienone is 2. The number of carbonyl (C=O) groups excluding carboxylic acids is 3. The van der Waals surface area contributed by atoms with Gasteiger partial charge in [0.2, 0.25) is 17.7 Å². The molecule has 3 aliphatic rings. The second kappa shape index (κ2) is 5.43. The van der Waals surface area contributed by atoms with Gasteiger partial charge in [0.25, 0.3) is 0 Å². The summed E-state index contributed by atoms with van der Waals surface area (Å²) in [5.74, 6) is -0.860. The highest BCUT2D eigenvalue weighted by Crippen LogP contribution is 2.52. The highest BCUT2D eigenvalue weighted by molar-refractivity contribution is 14.1. The molecule has 2 aliphatic carbocycles. The van der Waals surface area contributed by atoms with Crippen LogP contribution < -0.4 is 5.32 Å². The molecule has 1 aliphatic heterocycles. The number of nitrogens with zero attached hydrogens (tertiary/aromatic N) is 1. The molecule has 1 aromatic carbocycles. The third-order valence-electron chi connectivity index (χ3n) is 4.99. The molecule has 1 N–H and O–H groups in total. The summed E-state index contributed by atoms with van der Waals surface area (Å²) in [6.45, 7) is -0.198. The zero-order chi connectivity index (χ0) is 16.1.